The van der Waals surface area contributed by atoms with Gasteiger partial charge < -0.3 is 4.42 Å². The molecule has 0 saturated carbocycles. The van der Waals surface area contributed by atoms with Crippen LogP contribution in [0.15, 0.2) is 150 Å². The highest BCUT2D eigenvalue weighted by Crippen LogP contribution is 2.46. The van der Waals surface area contributed by atoms with Gasteiger partial charge in [0.05, 0.1) is 19.2 Å². The van der Waals surface area contributed by atoms with Gasteiger partial charge in [0.15, 0.2) is 0 Å². The third kappa shape index (κ3) is 3.41. The number of rotatable bonds is 3. The average Bonchev–Trinajstić information content (AvgIpc) is 3.57. The summed E-state index contributed by atoms with van der Waals surface area (Å²) < 4.78 is 132. The molecule has 0 aliphatic carbocycles. The molecule has 1 heteroatoms. The third-order valence-electron chi connectivity index (χ3n) is 6.82. The Labute approximate surface area is 246 Å². The van der Waals surface area contributed by atoms with Crippen LogP contribution in [0.4, 0.5) is 0 Å². The number of hydrogen-bond donors (Lipinski definition) is 0. The quantitative estimate of drug-likeness (QED) is 0.215. The van der Waals surface area contributed by atoms with Crippen LogP contribution >= 0.6 is 0 Å². The van der Waals surface area contributed by atoms with Crippen molar-refractivity contribution in [3.05, 3.63) is 145 Å². The van der Waals surface area contributed by atoms with Crippen molar-refractivity contribution in [2.45, 2.75) is 0 Å². The van der Waals surface area contributed by atoms with Crippen LogP contribution in [0, 0.1) is 0 Å². The molecule has 0 spiro atoms. The second-order valence-electron chi connectivity index (χ2n) is 8.99. The summed E-state index contributed by atoms with van der Waals surface area (Å²) in [6.07, 6.45) is 0. The van der Waals surface area contributed by atoms with Gasteiger partial charge in [-0.25, -0.2) is 0 Å². The molecule has 0 bridgehead atoms. The Hall–Kier alpha value is -5.14. The van der Waals surface area contributed by atoms with Crippen molar-refractivity contribution in [3.63, 3.8) is 0 Å². The monoisotopic (exact) mass is 510 g/mol. The zero-order chi connectivity index (χ0) is 37.9. The first kappa shape index (κ1) is 12.1. The van der Waals surface area contributed by atoms with Crippen molar-refractivity contribution in [2.75, 3.05) is 0 Å². The van der Waals surface area contributed by atoms with Crippen molar-refractivity contribution in [1.29, 1.82) is 0 Å². The number of hydrogen-bond acceptors (Lipinski definition) is 1. The lowest BCUT2D eigenvalue weighted by Gasteiger charge is -2.18. The van der Waals surface area contributed by atoms with E-state index in [-0.39, 0.29) is 77.8 Å². The standard InChI is InChI=1S/C38H24O/c1-3-12-25(13-4-1)27-22-23-32-35(24-27)39-34-21-11-20-33(38(32)34)37-30-18-9-7-16-28(30)36(26-14-5-2-6-15-26)29-17-8-10-19-31(29)37/h1-24H/i7D,8D,9D,10D,11D,16D,17D,18D,19D,20D,21D,22D,23D,24D. The van der Waals surface area contributed by atoms with Gasteiger partial charge in [-0.15, -0.1) is 0 Å². The second-order valence-corrected chi connectivity index (χ2v) is 8.99. The molecule has 0 aliphatic heterocycles. The van der Waals surface area contributed by atoms with E-state index in [0.29, 0.717) is 11.1 Å². The molecule has 0 radical (unpaired) electrons. The SMILES string of the molecule is [2H]c1c([2H])c(-c2c3c([2H])c([2H])c([2H])c([2H])c3c(-c3ccccc3)c3c([2H])c([2H])c([2H])c([2H])c23)c2c(oc3c([2H])c(-c4ccccc4)c([2H])c([2H])c32)c1[2H]. The fourth-order valence-electron chi connectivity index (χ4n) is 5.15. The maximum absolute atomic E-state index is 9.34. The van der Waals surface area contributed by atoms with E-state index in [2.05, 4.69) is 0 Å². The van der Waals surface area contributed by atoms with Gasteiger partial charge in [-0.3, -0.25) is 0 Å². The molecule has 1 heterocycles. The van der Waals surface area contributed by atoms with Crippen LogP contribution in [0.3, 0.4) is 0 Å². The van der Waals surface area contributed by atoms with E-state index in [9.17, 15) is 5.48 Å². The van der Waals surface area contributed by atoms with Gasteiger partial charge in [-0.2, -0.15) is 0 Å². The van der Waals surface area contributed by atoms with Gasteiger partial charge in [-0.05, 0) is 73.1 Å². The lowest BCUT2D eigenvalue weighted by molar-refractivity contribution is 0.669. The van der Waals surface area contributed by atoms with Crippen LogP contribution in [-0.4, -0.2) is 0 Å². The van der Waals surface area contributed by atoms with Gasteiger partial charge in [-0.1, -0.05) is 127 Å². The summed E-state index contributed by atoms with van der Waals surface area (Å²) in [5.74, 6) is 0. The summed E-state index contributed by atoms with van der Waals surface area (Å²) in [5.41, 5.74) is -0.121. The Bertz CT molecular complexity index is 2840. The highest BCUT2D eigenvalue weighted by Gasteiger charge is 2.20. The third-order valence-corrected chi connectivity index (χ3v) is 6.82. The van der Waals surface area contributed by atoms with E-state index in [1.807, 2.05) is 0 Å². The number of fused-ring (bicyclic) bond motifs is 5. The smallest absolute Gasteiger partial charge is 0.136 e. The predicted molar refractivity (Wildman–Crippen MR) is 165 cm³/mol. The Morgan fingerprint density at radius 1 is 0.436 bits per heavy atom. The normalized spacial score (nSPS) is 16.6. The fraction of sp³-hybridized carbons (Fsp3) is 0. The highest BCUT2D eigenvalue weighted by atomic mass is 16.3. The Morgan fingerprint density at radius 2 is 1.03 bits per heavy atom. The minimum Gasteiger partial charge on any atom is -0.456 e. The zero-order valence-electron chi connectivity index (χ0n) is 34.2. The first-order chi connectivity index (χ1) is 25.2. The van der Waals surface area contributed by atoms with Crippen molar-refractivity contribution >= 4 is 43.5 Å². The molecule has 7 aromatic carbocycles. The minimum atomic E-state index is -0.672. The molecule has 1 nitrogen and oxygen atoms in total. The molecule has 0 atom stereocenters. The first-order valence-corrected chi connectivity index (χ1v) is 12.2. The minimum absolute atomic E-state index is 0.0683. The first-order valence-electron chi connectivity index (χ1n) is 19.2. The highest BCUT2D eigenvalue weighted by molar-refractivity contribution is 6.25. The number of benzene rings is 7. The fourth-order valence-corrected chi connectivity index (χ4v) is 5.15. The molecule has 0 saturated heterocycles. The lowest BCUT2D eigenvalue weighted by Crippen LogP contribution is -1.91. The maximum atomic E-state index is 9.34. The van der Waals surface area contributed by atoms with Gasteiger partial charge in [0, 0.05) is 10.8 Å². The molecule has 0 aliphatic rings. The topological polar surface area (TPSA) is 13.1 Å². The number of furan rings is 1. The molecule has 39 heavy (non-hydrogen) atoms. The maximum Gasteiger partial charge on any atom is 0.136 e. The summed E-state index contributed by atoms with van der Waals surface area (Å²) in [5, 5.41) is -1.02. The van der Waals surface area contributed by atoms with Crippen LogP contribution in [0.2, 0.25) is 0 Å². The molecule has 0 amide bonds. The largest absolute Gasteiger partial charge is 0.456 e. The molecule has 8 rings (SSSR count). The molecule has 0 N–H and O–H groups in total. The molecular formula is C38H24O. The van der Waals surface area contributed by atoms with E-state index in [0.717, 1.165) is 0 Å². The zero-order valence-corrected chi connectivity index (χ0v) is 20.2. The van der Waals surface area contributed by atoms with E-state index in [1.54, 1.807) is 60.7 Å². The van der Waals surface area contributed by atoms with E-state index < -0.39 is 72.5 Å². The molecule has 1 aromatic heterocycles. The molecule has 8 aromatic rings. The Morgan fingerprint density at radius 3 is 1.67 bits per heavy atom. The summed E-state index contributed by atoms with van der Waals surface area (Å²) in [6.45, 7) is 0. The summed E-state index contributed by atoms with van der Waals surface area (Å²) >= 11 is 0. The molecule has 0 fully saturated rings. The Kier molecular flexibility index (Phi) is 2.72. The van der Waals surface area contributed by atoms with Crippen LogP contribution < -0.4 is 0 Å². The summed E-state index contributed by atoms with van der Waals surface area (Å²) in [6, 6.07) is 9.08. The van der Waals surface area contributed by atoms with Crippen LogP contribution in [0.5, 0.6) is 0 Å². The molecule has 182 valence electrons. The van der Waals surface area contributed by atoms with Gasteiger partial charge in [0.25, 0.3) is 0 Å². The van der Waals surface area contributed by atoms with Crippen molar-refractivity contribution in [1.82, 2.24) is 0 Å². The van der Waals surface area contributed by atoms with Gasteiger partial charge >= 0.3 is 0 Å². The van der Waals surface area contributed by atoms with Crippen molar-refractivity contribution in [3.8, 4) is 33.4 Å². The molecular weight excluding hydrogens is 472 g/mol. The van der Waals surface area contributed by atoms with E-state index >= 15 is 0 Å². The van der Waals surface area contributed by atoms with Crippen LogP contribution in [-0.2, 0) is 0 Å². The molecule has 0 unspecified atom stereocenters. The second kappa shape index (κ2) is 8.72. The van der Waals surface area contributed by atoms with E-state index in [4.69, 9.17) is 18.1 Å². The van der Waals surface area contributed by atoms with Crippen molar-refractivity contribution < 1.29 is 23.6 Å². The summed E-state index contributed by atoms with van der Waals surface area (Å²) in [4.78, 5) is 0. The van der Waals surface area contributed by atoms with Crippen molar-refractivity contribution in [2.24, 2.45) is 0 Å². The van der Waals surface area contributed by atoms with Crippen LogP contribution in [0.1, 0.15) is 19.2 Å². The average molecular weight is 511 g/mol. The summed E-state index contributed by atoms with van der Waals surface area (Å²) in [7, 11) is 0. The van der Waals surface area contributed by atoms with Crippen LogP contribution in [0.25, 0.3) is 76.9 Å². The predicted octanol–water partition coefficient (Wildman–Crippen LogP) is 10.9. The van der Waals surface area contributed by atoms with E-state index in [1.165, 1.54) is 0 Å². The van der Waals surface area contributed by atoms with Gasteiger partial charge in [0.1, 0.15) is 11.2 Å². The van der Waals surface area contributed by atoms with Gasteiger partial charge in [0.2, 0.25) is 0 Å². The lowest BCUT2D eigenvalue weighted by atomic mass is 9.85. The Balaban J connectivity index is 1.74.